The molecule has 1 saturated heterocycles. The largest absolute Gasteiger partial charge is 0.469 e. The van der Waals surface area contributed by atoms with Gasteiger partial charge in [0, 0.05) is 6.42 Å². The minimum absolute atomic E-state index is 0.0162. The van der Waals surface area contributed by atoms with E-state index in [1.807, 2.05) is 0 Å². The lowest BCUT2D eigenvalue weighted by Gasteiger charge is -2.27. The number of methoxy groups -OCH3 is 2. The van der Waals surface area contributed by atoms with Crippen LogP contribution in [0.25, 0.3) is 0 Å². The van der Waals surface area contributed by atoms with Gasteiger partial charge in [-0.2, -0.15) is 0 Å². The summed E-state index contributed by atoms with van der Waals surface area (Å²) in [7, 11) is -2.25. The topological polar surface area (TPSA) is 166 Å². The molecule has 0 aliphatic carbocycles. The van der Waals surface area contributed by atoms with E-state index in [1.165, 1.54) is 14.2 Å². The maximum atomic E-state index is 11.9. The van der Waals surface area contributed by atoms with Crippen molar-refractivity contribution < 1.29 is 57.6 Å². The van der Waals surface area contributed by atoms with Crippen LogP contribution in [0.15, 0.2) is 12.2 Å². The number of ketones is 1. The molecule has 0 amide bonds. The number of ether oxygens (including phenoxy) is 2. The summed E-state index contributed by atoms with van der Waals surface area (Å²) in [5.41, 5.74) is 0. The maximum absolute atomic E-state index is 11.9. The predicted molar refractivity (Wildman–Crippen MR) is 64.3 cm³/mol. The number of quaternary nitrogens is 1. The highest BCUT2D eigenvalue weighted by Gasteiger charge is 2.52. The van der Waals surface area contributed by atoms with Gasteiger partial charge in [-0.25, -0.2) is 18.6 Å². The van der Waals surface area contributed by atoms with Gasteiger partial charge in [-0.05, 0) is 12.2 Å². The van der Waals surface area contributed by atoms with Crippen molar-refractivity contribution in [2.75, 3.05) is 20.8 Å². The van der Waals surface area contributed by atoms with Gasteiger partial charge in [0.25, 0.3) is 0 Å². The summed E-state index contributed by atoms with van der Waals surface area (Å²) in [5, 5.41) is 0. The molecule has 0 saturated carbocycles. The minimum atomic E-state index is -4.94. The summed E-state index contributed by atoms with van der Waals surface area (Å²) in [5.74, 6) is -0.876. The highest BCUT2D eigenvalue weighted by molar-refractivity contribution is 5.95. The normalized spacial score (nSPS) is 28.0. The van der Waals surface area contributed by atoms with Crippen LogP contribution < -0.4 is 23.5 Å². The van der Waals surface area contributed by atoms with E-state index in [9.17, 15) is 14.4 Å². The Bertz CT molecular complexity index is 510. The first-order valence-electron chi connectivity index (χ1n) is 6.92. The zero-order valence-corrected chi connectivity index (χ0v) is 13.8. The molecular weight excluding hydrogens is 350 g/mol. The van der Waals surface area contributed by atoms with Crippen LogP contribution in [0.3, 0.4) is 0 Å². The van der Waals surface area contributed by atoms with Crippen LogP contribution in [0, 0.1) is 16.2 Å². The molecule has 2 bridgehead atoms. The molecule has 0 radical (unpaired) electrons. The second kappa shape index (κ2) is 8.51. The molecule has 11 heteroatoms. The molecule has 2 aliphatic rings. The van der Waals surface area contributed by atoms with E-state index < -0.39 is 10.2 Å². The molecule has 10 nitrogen and oxygen atoms in total. The van der Waals surface area contributed by atoms with Gasteiger partial charge in [0.15, 0.2) is 6.04 Å². The third-order valence-electron chi connectivity index (χ3n) is 3.96. The molecule has 0 aromatic rings. The summed E-state index contributed by atoms with van der Waals surface area (Å²) in [6.45, 7) is 0.492. The lowest BCUT2D eigenvalue weighted by Crippen LogP contribution is -3.18. The van der Waals surface area contributed by atoms with Crippen molar-refractivity contribution in [3.8, 4) is 0 Å². The number of hydrogen-bond acceptors (Lipinski definition) is 9. The second-order valence-corrected chi connectivity index (χ2v) is 5.99. The molecule has 0 spiro atoms. The summed E-state index contributed by atoms with van der Waals surface area (Å²) in [6, 6.07) is -0.330. The fourth-order valence-electron chi connectivity index (χ4n) is 3.00. The molecule has 2 aliphatic heterocycles. The first kappa shape index (κ1) is 20.5. The molecule has 1 N–H and O–H groups in total. The number of rotatable bonds is 4. The third kappa shape index (κ3) is 5.82. The number of carbonyl (C=O) groups excluding carboxylic acids is 3. The van der Waals surface area contributed by atoms with Crippen LogP contribution in [0.4, 0.5) is 0 Å². The Morgan fingerprint density at radius 1 is 1.25 bits per heavy atom. The van der Waals surface area contributed by atoms with Crippen molar-refractivity contribution in [2.45, 2.75) is 24.9 Å². The summed E-state index contributed by atoms with van der Waals surface area (Å²) >= 11 is 0. The van der Waals surface area contributed by atoms with Crippen molar-refractivity contribution in [2.24, 2.45) is 5.92 Å². The average molecular weight is 368 g/mol. The van der Waals surface area contributed by atoms with Crippen LogP contribution in [-0.2, 0) is 23.9 Å². The molecular formula is C13H18ClNO9. The van der Waals surface area contributed by atoms with Crippen molar-refractivity contribution in [1.29, 1.82) is 0 Å². The lowest BCUT2D eigenvalue weighted by molar-refractivity contribution is -2.00. The summed E-state index contributed by atoms with van der Waals surface area (Å²) < 4.78 is 43.4. The van der Waals surface area contributed by atoms with Crippen molar-refractivity contribution in [3.05, 3.63) is 12.2 Å². The van der Waals surface area contributed by atoms with Gasteiger partial charge in [0.05, 0.1) is 27.2 Å². The molecule has 4 atom stereocenters. The maximum Gasteiger partial charge on any atom is 0.315 e. The second-order valence-electron chi connectivity index (χ2n) is 5.23. The number of carbonyl (C=O) groups is 3. The van der Waals surface area contributed by atoms with Crippen molar-refractivity contribution in [3.63, 3.8) is 0 Å². The molecule has 136 valence electrons. The SMILES string of the molecule is COC(=O)CC[NH+]1C2CC(C(=O)OC)C1C=CC2=O.[O-][Cl+3]([O-])([O-])[O-]. The van der Waals surface area contributed by atoms with Gasteiger partial charge >= 0.3 is 11.9 Å². The Kier molecular flexibility index (Phi) is 7.27. The predicted octanol–water partition coefficient (Wildman–Crippen LogP) is -6.25. The van der Waals surface area contributed by atoms with Crippen LogP contribution in [0.1, 0.15) is 12.8 Å². The number of halogens is 1. The van der Waals surface area contributed by atoms with E-state index in [4.69, 9.17) is 23.4 Å². The van der Waals surface area contributed by atoms with E-state index in [0.717, 1.165) is 4.90 Å². The molecule has 1 fully saturated rings. The minimum Gasteiger partial charge on any atom is -0.469 e. The summed E-state index contributed by atoms with van der Waals surface area (Å²) in [4.78, 5) is 35.8. The van der Waals surface area contributed by atoms with E-state index >= 15 is 0 Å². The standard InChI is InChI=1S/C13H17NO5.ClHO4/c1-18-12(16)5-6-14-9-3-4-11(15)10(14)7-8(9)13(17)19-2;2-1(3,4)5/h3-4,8-10H,5-7H2,1-2H3;(H,2,3,4,5). The molecule has 0 aromatic carbocycles. The van der Waals surface area contributed by atoms with E-state index in [0.29, 0.717) is 13.0 Å². The Hall–Kier alpha value is -1.56. The molecule has 24 heavy (non-hydrogen) atoms. The quantitative estimate of drug-likeness (QED) is 0.475. The van der Waals surface area contributed by atoms with Gasteiger partial charge < -0.3 is 14.4 Å². The van der Waals surface area contributed by atoms with Gasteiger partial charge in [0.1, 0.15) is 12.0 Å². The first-order valence-corrected chi connectivity index (χ1v) is 8.16. The highest BCUT2D eigenvalue weighted by Crippen LogP contribution is 2.23. The van der Waals surface area contributed by atoms with Crippen molar-refractivity contribution in [1.82, 2.24) is 0 Å². The van der Waals surface area contributed by atoms with Crippen LogP contribution in [0.2, 0.25) is 0 Å². The molecule has 0 aromatic heterocycles. The average Bonchev–Trinajstić information content (AvgIpc) is 2.77. The summed E-state index contributed by atoms with van der Waals surface area (Å²) in [6.07, 6.45) is 4.04. The van der Waals surface area contributed by atoms with Crippen LogP contribution in [-0.4, -0.2) is 50.6 Å². The monoisotopic (exact) mass is 367 g/mol. The number of hydrogen-bond donors (Lipinski definition) is 1. The fourth-order valence-corrected chi connectivity index (χ4v) is 3.00. The van der Waals surface area contributed by atoms with Crippen LogP contribution >= 0.6 is 0 Å². The molecule has 4 unspecified atom stereocenters. The van der Waals surface area contributed by atoms with E-state index in [2.05, 4.69) is 4.74 Å². The van der Waals surface area contributed by atoms with E-state index in [-0.39, 0.29) is 42.1 Å². The van der Waals surface area contributed by atoms with Gasteiger partial charge in [-0.15, -0.1) is 10.2 Å². The Morgan fingerprint density at radius 3 is 2.33 bits per heavy atom. The Labute approximate surface area is 140 Å². The molecule has 2 heterocycles. The Balaban J connectivity index is 0.000000505. The van der Waals surface area contributed by atoms with Crippen LogP contribution in [0.5, 0.6) is 0 Å². The van der Waals surface area contributed by atoms with E-state index in [1.54, 1.807) is 12.2 Å². The fraction of sp³-hybridized carbons (Fsp3) is 0.615. The number of nitrogens with one attached hydrogen (secondary N) is 1. The first-order chi connectivity index (χ1) is 11.1. The van der Waals surface area contributed by atoms with Crippen molar-refractivity contribution >= 4 is 17.7 Å². The van der Waals surface area contributed by atoms with Gasteiger partial charge in [0.2, 0.25) is 5.78 Å². The Morgan fingerprint density at radius 2 is 1.83 bits per heavy atom. The highest BCUT2D eigenvalue weighted by atomic mass is 35.7. The number of fused-ring (bicyclic) bond motifs is 2. The smallest absolute Gasteiger partial charge is 0.315 e. The molecule has 2 rings (SSSR count). The number of esters is 2. The zero-order valence-electron chi connectivity index (χ0n) is 13.1. The lowest BCUT2D eigenvalue weighted by atomic mass is 10.0. The zero-order chi connectivity index (χ0) is 18.5. The van der Waals surface area contributed by atoms with Gasteiger partial charge in [-0.3, -0.25) is 14.4 Å². The van der Waals surface area contributed by atoms with Gasteiger partial charge in [-0.1, -0.05) is 0 Å². The third-order valence-corrected chi connectivity index (χ3v) is 3.96.